The molecule has 3 heteroatoms. The van der Waals surface area contributed by atoms with Crippen molar-refractivity contribution in [2.24, 2.45) is 0 Å². The molecule has 0 spiro atoms. The van der Waals surface area contributed by atoms with Gasteiger partial charge in [0.1, 0.15) is 0 Å². The van der Waals surface area contributed by atoms with Gasteiger partial charge < -0.3 is 10.2 Å². The predicted octanol–water partition coefficient (Wildman–Crippen LogP) is 3.32. The number of benzene rings is 1. The molecule has 0 amide bonds. The molecule has 1 N–H and O–H groups in total. The molecule has 1 aromatic heterocycles. The molecule has 0 aliphatic carbocycles. The number of aromatic nitrogens is 1. The molecule has 21 heavy (non-hydrogen) atoms. The summed E-state index contributed by atoms with van der Waals surface area (Å²) >= 11 is 0. The molecule has 0 saturated carbocycles. The number of hydrogen-bond donors (Lipinski definition) is 1. The molecule has 2 aromatic rings. The number of piperazine rings is 1. The highest BCUT2D eigenvalue weighted by atomic mass is 15.2. The van der Waals surface area contributed by atoms with Gasteiger partial charge in [-0.2, -0.15) is 0 Å². The number of rotatable bonds is 3. The predicted molar refractivity (Wildman–Crippen MR) is 87.6 cm³/mol. The van der Waals surface area contributed by atoms with Crippen LogP contribution in [0.15, 0.2) is 48.7 Å². The van der Waals surface area contributed by atoms with Gasteiger partial charge in [-0.3, -0.25) is 4.98 Å². The Kier molecular flexibility index (Phi) is 4.20. The number of pyridine rings is 1. The van der Waals surface area contributed by atoms with E-state index in [1.165, 1.54) is 11.3 Å². The third-order valence-electron chi connectivity index (χ3n) is 4.30. The highest BCUT2D eigenvalue weighted by Gasteiger charge is 2.28. The van der Waals surface area contributed by atoms with Crippen LogP contribution in [-0.2, 0) is 0 Å². The van der Waals surface area contributed by atoms with Crippen LogP contribution < -0.4 is 10.2 Å². The van der Waals surface area contributed by atoms with Gasteiger partial charge in [0.25, 0.3) is 0 Å². The molecule has 2 heterocycles. The van der Waals surface area contributed by atoms with Gasteiger partial charge in [0.05, 0.1) is 17.9 Å². The van der Waals surface area contributed by atoms with E-state index in [-0.39, 0.29) is 0 Å². The van der Waals surface area contributed by atoms with E-state index in [2.05, 4.69) is 64.6 Å². The molecule has 3 rings (SSSR count). The first-order valence-electron chi connectivity index (χ1n) is 7.75. The quantitative estimate of drug-likeness (QED) is 0.935. The highest BCUT2D eigenvalue weighted by Crippen LogP contribution is 2.29. The molecule has 2 atom stereocenters. The van der Waals surface area contributed by atoms with Gasteiger partial charge in [-0.25, -0.2) is 0 Å². The van der Waals surface area contributed by atoms with E-state index in [1.807, 2.05) is 13.1 Å². The number of hydrogen-bond acceptors (Lipinski definition) is 3. The number of nitrogens with zero attached hydrogens (tertiary/aromatic N) is 2. The first-order valence-corrected chi connectivity index (χ1v) is 7.75. The fourth-order valence-electron chi connectivity index (χ4n) is 2.98. The summed E-state index contributed by atoms with van der Waals surface area (Å²) in [4.78, 5) is 6.96. The van der Waals surface area contributed by atoms with Gasteiger partial charge >= 0.3 is 0 Å². The van der Waals surface area contributed by atoms with Gasteiger partial charge in [0.15, 0.2) is 0 Å². The second-order valence-corrected chi connectivity index (χ2v) is 5.75. The fourth-order valence-corrected chi connectivity index (χ4v) is 2.98. The van der Waals surface area contributed by atoms with E-state index in [4.69, 9.17) is 0 Å². The summed E-state index contributed by atoms with van der Waals surface area (Å²) in [7, 11) is 0. The maximum atomic E-state index is 4.47. The van der Waals surface area contributed by atoms with Crippen molar-refractivity contribution >= 4 is 5.69 Å². The van der Waals surface area contributed by atoms with Crippen molar-refractivity contribution in [2.75, 3.05) is 18.0 Å². The Morgan fingerprint density at radius 3 is 2.67 bits per heavy atom. The van der Waals surface area contributed by atoms with Crippen molar-refractivity contribution < 1.29 is 0 Å². The topological polar surface area (TPSA) is 28.2 Å². The maximum Gasteiger partial charge on any atom is 0.0668 e. The molecule has 0 bridgehead atoms. The summed E-state index contributed by atoms with van der Waals surface area (Å²) in [5.74, 6) is 0. The third kappa shape index (κ3) is 3.08. The lowest BCUT2D eigenvalue weighted by molar-refractivity contribution is 0.390. The Labute approximate surface area is 127 Å². The zero-order chi connectivity index (χ0) is 14.7. The Morgan fingerprint density at radius 1 is 1.19 bits per heavy atom. The fraction of sp³-hybridized carbons (Fsp3) is 0.389. The van der Waals surface area contributed by atoms with Crippen LogP contribution in [0.25, 0.3) is 0 Å². The molecule has 1 aliphatic rings. The van der Waals surface area contributed by atoms with E-state index in [0.717, 1.165) is 25.2 Å². The van der Waals surface area contributed by atoms with Crippen LogP contribution in [-0.4, -0.2) is 24.1 Å². The molecule has 1 fully saturated rings. The van der Waals surface area contributed by atoms with Crippen molar-refractivity contribution in [3.63, 3.8) is 0 Å². The van der Waals surface area contributed by atoms with Crippen LogP contribution in [0, 0.1) is 6.92 Å². The number of anilines is 1. The lowest BCUT2D eigenvalue weighted by atomic mass is 9.99. The normalized spacial score (nSPS) is 22.3. The maximum absolute atomic E-state index is 4.47. The highest BCUT2D eigenvalue weighted by molar-refractivity contribution is 5.48. The molecule has 3 nitrogen and oxygen atoms in total. The van der Waals surface area contributed by atoms with Crippen molar-refractivity contribution in [2.45, 2.75) is 32.4 Å². The van der Waals surface area contributed by atoms with E-state index >= 15 is 0 Å². The van der Waals surface area contributed by atoms with Crippen LogP contribution in [0.2, 0.25) is 0 Å². The summed E-state index contributed by atoms with van der Waals surface area (Å²) in [5.41, 5.74) is 3.65. The molecule has 110 valence electrons. The van der Waals surface area contributed by atoms with Crippen LogP contribution in [0.4, 0.5) is 5.69 Å². The lowest BCUT2D eigenvalue weighted by Gasteiger charge is -2.42. The minimum Gasteiger partial charge on any atom is -0.360 e. The van der Waals surface area contributed by atoms with E-state index in [9.17, 15) is 0 Å². The molecule has 1 aromatic carbocycles. The van der Waals surface area contributed by atoms with Gasteiger partial charge in [-0.05, 0) is 31.0 Å². The second-order valence-electron chi connectivity index (χ2n) is 5.75. The standard InChI is InChI=1S/C18H23N3/c1-3-16-13-21(17-10-9-14(2)19-11-17)18(12-20-16)15-7-5-4-6-8-15/h4-11,16,18,20H,3,12-13H2,1-2H3. The van der Waals surface area contributed by atoms with Gasteiger partial charge in [-0.1, -0.05) is 37.3 Å². The minimum absolute atomic E-state index is 0.374. The minimum atomic E-state index is 0.374. The summed E-state index contributed by atoms with van der Waals surface area (Å²) in [6, 6.07) is 16.0. The lowest BCUT2D eigenvalue weighted by Crippen LogP contribution is -2.52. The number of aryl methyl sites for hydroxylation is 1. The monoisotopic (exact) mass is 281 g/mol. The van der Waals surface area contributed by atoms with Crippen LogP contribution in [0.1, 0.15) is 30.6 Å². The first kappa shape index (κ1) is 14.1. The average Bonchev–Trinajstić information content (AvgIpc) is 2.56. The Hall–Kier alpha value is -1.87. The van der Waals surface area contributed by atoms with Crippen LogP contribution in [0.5, 0.6) is 0 Å². The molecular formula is C18H23N3. The summed E-state index contributed by atoms with van der Waals surface area (Å²) in [5, 5.41) is 3.67. The smallest absolute Gasteiger partial charge is 0.0668 e. The Balaban J connectivity index is 1.92. The first-order chi connectivity index (χ1) is 10.3. The zero-order valence-corrected chi connectivity index (χ0v) is 12.8. The van der Waals surface area contributed by atoms with Gasteiger partial charge in [0, 0.05) is 24.8 Å². The zero-order valence-electron chi connectivity index (χ0n) is 12.8. The molecular weight excluding hydrogens is 258 g/mol. The van der Waals surface area contributed by atoms with Crippen molar-refractivity contribution in [3.05, 3.63) is 59.9 Å². The summed E-state index contributed by atoms with van der Waals surface area (Å²) < 4.78 is 0. The summed E-state index contributed by atoms with van der Waals surface area (Å²) in [6.07, 6.45) is 3.15. The summed E-state index contributed by atoms with van der Waals surface area (Å²) in [6.45, 7) is 6.29. The number of nitrogens with one attached hydrogen (secondary N) is 1. The van der Waals surface area contributed by atoms with E-state index in [0.29, 0.717) is 12.1 Å². The third-order valence-corrected chi connectivity index (χ3v) is 4.30. The molecule has 2 unspecified atom stereocenters. The molecule has 1 aliphatic heterocycles. The van der Waals surface area contributed by atoms with Gasteiger partial charge in [0.2, 0.25) is 0 Å². The second kappa shape index (κ2) is 6.27. The van der Waals surface area contributed by atoms with E-state index in [1.54, 1.807) is 0 Å². The van der Waals surface area contributed by atoms with Crippen molar-refractivity contribution in [3.8, 4) is 0 Å². The molecule has 0 radical (unpaired) electrons. The average molecular weight is 281 g/mol. The SMILES string of the molecule is CCC1CN(c2ccc(C)nc2)C(c2ccccc2)CN1. The molecule has 1 saturated heterocycles. The largest absolute Gasteiger partial charge is 0.360 e. The Morgan fingerprint density at radius 2 is 2.00 bits per heavy atom. The van der Waals surface area contributed by atoms with Crippen LogP contribution in [0.3, 0.4) is 0 Å². The van der Waals surface area contributed by atoms with Crippen molar-refractivity contribution in [1.82, 2.24) is 10.3 Å². The van der Waals surface area contributed by atoms with E-state index < -0.39 is 0 Å². The van der Waals surface area contributed by atoms with Gasteiger partial charge in [-0.15, -0.1) is 0 Å². The van der Waals surface area contributed by atoms with Crippen molar-refractivity contribution in [1.29, 1.82) is 0 Å². The Bertz CT molecular complexity index is 565. The van der Waals surface area contributed by atoms with Crippen LogP contribution >= 0.6 is 0 Å².